The quantitative estimate of drug-likeness (QED) is 0.701. The highest BCUT2D eigenvalue weighted by molar-refractivity contribution is 7.13. The molecular weight excluding hydrogens is 424 g/mol. The zero-order valence-electron chi connectivity index (χ0n) is 16.7. The number of nitrogens with zero attached hydrogens (tertiary/aromatic N) is 2. The third-order valence-corrected chi connectivity index (χ3v) is 6.95. The van der Waals surface area contributed by atoms with Gasteiger partial charge in [0.15, 0.2) is 5.13 Å². The van der Waals surface area contributed by atoms with E-state index in [1.807, 2.05) is 18.2 Å². The Morgan fingerprint density at radius 1 is 1.13 bits per heavy atom. The third kappa shape index (κ3) is 4.45. The first-order valence-corrected chi connectivity index (χ1v) is 11.5. The number of halogens is 1. The summed E-state index contributed by atoms with van der Waals surface area (Å²) < 4.78 is 5.35. The van der Waals surface area contributed by atoms with Gasteiger partial charge < -0.3 is 9.64 Å². The van der Waals surface area contributed by atoms with Gasteiger partial charge in [0.2, 0.25) is 5.91 Å². The normalized spacial score (nSPS) is 18.6. The number of ether oxygens (including phenoxy) is 1. The minimum absolute atomic E-state index is 0.207. The third-order valence-electron chi connectivity index (χ3n) is 5.81. The molecule has 2 fully saturated rings. The van der Waals surface area contributed by atoms with Gasteiger partial charge in [0, 0.05) is 23.5 Å². The van der Waals surface area contributed by atoms with Gasteiger partial charge in [0.1, 0.15) is 5.69 Å². The van der Waals surface area contributed by atoms with Crippen LogP contribution < -0.4 is 15.8 Å². The molecule has 1 saturated heterocycles. The van der Waals surface area contributed by atoms with E-state index in [4.69, 9.17) is 16.3 Å². The number of anilines is 1. The number of aromatic nitrogens is 1. The van der Waals surface area contributed by atoms with E-state index >= 15 is 0 Å². The van der Waals surface area contributed by atoms with Gasteiger partial charge in [-0.1, -0.05) is 43.0 Å². The van der Waals surface area contributed by atoms with Gasteiger partial charge in [-0.05, 0) is 30.5 Å². The Labute approximate surface area is 184 Å². The van der Waals surface area contributed by atoms with Crippen molar-refractivity contribution in [1.29, 1.82) is 0 Å². The summed E-state index contributed by atoms with van der Waals surface area (Å²) in [7, 11) is 0. The number of hydrogen-bond acceptors (Lipinski definition) is 6. The van der Waals surface area contributed by atoms with Gasteiger partial charge in [-0.25, -0.2) is 4.98 Å². The number of carbonyl (C=O) groups is 2. The molecule has 9 heteroatoms. The Hall–Kier alpha value is -2.16. The average molecular weight is 449 g/mol. The Morgan fingerprint density at radius 2 is 1.90 bits per heavy atom. The zero-order valence-corrected chi connectivity index (χ0v) is 18.2. The predicted octanol–water partition coefficient (Wildman–Crippen LogP) is 3.30. The number of rotatable bonds is 4. The van der Waals surface area contributed by atoms with Crippen LogP contribution in [0.25, 0.3) is 0 Å². The molecule has 0 bridgehead atoms. The van der Waals surface area contributed by atoms with Gasteiger partial charge in [-0.2, -0.15) is 0 Å². The van der Waals surface area contributed by atoms with Gasteiger partial charge in [-0.3, -0.25) is 20.4 Å². The first-order chi connectivity index (χ1) is 14.6. The van der Waals surface area contributed by atoms with Crippen LogP contribution in [0.5, 0.6) is 0 Å². The number of carbonyl (C=O) groups excluding carboxylic acids is 2. The summed E-state index contributed by atoms with van der Waals surface area (Å²) in [6.07, 6.45) is 4.48. The van der Waals surface area contributed by atoms with Gasteiger partial charge in [0.25, 0.3) is 5.91 Å². The second-order valence-corrected chi connectivity index (χ2v) is 8.95. The first kappa shape index (κ1) is 21.1. The molecule has 2 N–H and O–H groups in total. The standard InChI is InChI=1S/C21H25ClN4O3S/c22-16-6-4-5-15(13-16)21(7-2-1-3-8-21)19(28)25-24-18(27)17-14-30-20(23-17)26-9-11-29-12-10-26/h4-6,13-14H,1-3,7-12H2,(H,24,27)(H,25,28). The van der Waals surface area contributed by atoms with Crippen LogP contribution in [0.15, 0.2) is 29.6 Å². The van der Waals surface area contributed by atoms with Crippen LogP contribution in [0, 0.1) is 0 Å². The van der Waals surface area contributed by atoms with E-state index in [0.717, 1.165) is 55.9 Å². The van der Waals surface area contributed by atoms with Crippen LogP contribution in [0.3, 0.4) is 0 Å². The summed E-state index contributed by atoms with van der Waals surface area (Å²) >= 11 is 7.60. The summed E-state index contributed by atoms with van der Waals surface area (Å²) in [6, 6.07) is 7.45. The van der Waals surface area contributed by atoms with E-state index < -0.39 is 11.3 Å². The van der Waals surface area contributed by atoms with Crippen molar-refractivity contribution < 1.29 is 14.3 Å². The average Bonchev–Trinajstić information content (AvgIpc) is 3.29. The highest BCUT2D eigenvalue weighted by Gasteiger charge is 2.41. The molecule has 2 aliphatic rings. The summed E-state index contributed by atoms with van der Waals surface area (Å²) in [5, 5.41) is 3.10. The molecule has 2 aromatic rings. The lowest BCUT2D eigenvalue weighted by Gasteiger charge is -2.36. The lowest BCUT2D eigenvalue weighted by Crippen LogP contribution is -2.52. The molecule has 160 valence electrons. The van der Waals surface area contributed by atoms with Crippen LogP contribution >= 0.6 is 22.9 Å². The Balaban J connectivity index is 1.43. The van der Waals surface area contributed by atoms with E-state index in [2.05, 4.69) is 20.7 Å². The number of morpholine rings is 1. The first-order valence-electron chi connectivity index (χ1n) is 10.2. The molecule has 1 aromatic heterocycles. The molecule has 2 heterocycles. The van der Waals surface area contributed by atoms with E-state index in [0.29, 0.717) is 23.9 Å². The summed E-state index contributed by atoms with van der Waals surface area (Å²) in [5.74, 6) is -0.627. The highest BCUT2D eigenvalue weighted by Crippen LogP contribution is 2.40. The zero-order chi connectivity index (χ0) is 21.0. The van der Waals surface area contributed by atoms with Crippen molar-refractivity contribution in [3.05, 3.63) is 45.9 Å². The van der Waals surface area contributed by atoms with Crippen LogP contribution in [0.1, 0.15) is 48.2 Å². The Bertz CT molecular complexity index is 907. The largest absolute Gasteiger partial charge is 0.378 e. The fourth-order valence-electron chi connectivity index (χ4n) is 4.15. The summed E-state index contributed by atoms with van der Waals surface area (Å²) in [5.41, 5.74) is 5.70. The maximum Gasteiger partial charge on any atom is 0.289 e. The summed E-state index contributed by atoms with van der Waals surface area (Å²) in [6.45, 7) is 2.83. The Morgan fingerprint density at radius 3 is 2.63 bits per heavy atom. The number of hydrogen-bond donors (Lipinski definition) is 2. The lowest BCUT2D eigenvalue weighted by atomic mass is 9.69. The maximum atomic E-state index is 13.2. The molecule has 0 atom stereocenters. The number of thiazole rings is 1. The van der Waals surface area contributed by atoms with E-state index in [-0.39, 0.29) is 5.91 Å². The molecule has 30 heavy (non-hydrogen) atoms. The Kier molecular flexibility index (Phi) is 6.55. The molecule has 1 aromatic carbocycles. The molecule has 4 rings (SSSR count). The monoisotopic (exact) mass is 448 g/mol. The second-order valence-electron chi connectivity index (χ2n) is 7.68. The minimum atomic E-state index is -0.683. The van der Waals surface area contributed by atoms with E-state index in [9.17, 15) is 9.59 Å². The van der Waals surface area contributed by atoms with Crippen LogP contribution in [0.4, 0.5) is 5.13 Å². The number of benzene rings is 1. The second kappa shape index (κ2) is 9.32. The fraction of sp³-hybridized carbons (Fsp3) is 0.476. The van der Waals surface area contributed by atoms with Crippen LogP contribution in [0.2, 0.25) is 5.02 Å². The highest BCUT2D eigenvalue weighted by atomic mass is 35.5. The van der Waals surface area contributed by atoms with Crippen molar-refractivity contribution in [2.75, 3.05) is 31.2 Å². The van der Waals surface area contributed by atoms with Crippen LogP contribution in [-0.4, -0.2) is 43.1 Å². The van der Waals surface area contributed by atoms with Gasteiger partial charge in [-0.15, -0.1) is 11.3 Å². The molecule has 1 saturated carbocycles. The minimum Gasteiger partial charge on any atom is -0.378 e. The number of amides is 2. The molecule has 0 unspecified atom stereocenters. The molecule has 0 spiro atoms. The smallest absolute Gasteiger partial charge is 0.289 e. The number of nitrogens with one attached hydrogen (secondary N) is 2. The SMILES string of the molecule is O=C(NNC(=O)C1(c2cccc(Cl)c2)CCCCC1)c1csc(N2CCOCC2)n1. The van der Waals surface area contributed by atoms with Crippen LogP contribution in [-0.2, 0) is 14.9 Å². The molecule has 1 aliphatic carbocycles. The fourth-order valence-corrected chi connectivity index (χ4v) is 5.20. The van der Waals surface area contributed by atoms with Gasteiger partial charge >= 0.3 is 0 Å². The molecule has 2 amide bonds. The summed E-state index contributed by atoms with van der Waals surface area (Å²) in [4.78, 5) is 32.3. The topological polar surface area (TPSA) is 83.6 Å². The molecular formula is C21H25ClN4O3S. The predicted molar refractivity (Wildman–Crippen MR) is 117 cm³/mol. The van der Waals surface area contributed by atoms with Crippen molar-refractivity contribution in [3.8, 4) is 0 Å². The number of hydrazine groups is 1. The van der Waals surface area contributed by atoms with Gasteiger partial charge in [0.05, 0.1) is 18.6 Å². The molecule has 0 radical (unpaired) electrons. The van der Waals surface area contributed by atoms with Crippen molar-refractivity contribution in [2.24, 2.45) is 0 Å². The van der Waals surface area contributed by atoms with E-state index in [1.165, 1.54) is 11.3 Å². The van der Waals surface area contributed by atoms with Crippen molar-refractivity contribution in [3.63, 3.8) is 0 Å². The van der Waals surface area contributed by atoms with Crippen molar-refractivity contribution >= 4 is 39.9 Å². The van der Waals surface area contributed by atoms with Crippen molar-refractivity contribution in [1.82, 2.24) is 15.8 Å². The maximum absolute atomic E-state index is 13.2. The molecule has 1 aliphatic heterocycles. The van der Waals surface area contributed by atoms with Crippen molar-refractivity contribution in [2.45, 2.75) is 37.5 Å². The van der Waals surface area contributed by atoms with E-state index in [1.54, 1.807) is 11.4 Å². The molecule has 7 nitrogen and oxygen atoms in total. The lowest BCUT2D eigenvalue weighted by molar-refractivity contribution is -0.128.